The van der Waals surface area contributed by atoms with Gasteiger partial charge in [-0.25, -0.2) is 4.39 Å². The first kappa shape index (κ1) is 24.6. The van der Waals surface area contributed by atoms with E-state index < -0.39 is 56.4 Å². The van der Waals surface area contributed by atoms with Crippen molar-refractivity contribution in [2.45, 2.75) is 30.1 Å². The number of halogens is 13. The van der Waals surface area contributed by atoms with Gasteiger partial charge in [0.1, 0.15) is 0 Å². The van der Waals surface area contributed by atoms with Gasteiger partial charge >= 0.3 is 30.1 Å². The second-order valence-electron chi connectivity index (χ2n) is 5.97. The van der Waals surface area contributed by atoms with Crippen LogP contribution in [0.15, 0.2) is 42.5 Å². The van der Waals surface area contributed by atoms with Gasteiger partial charge in [0.05, 0.1) is 5.56 Å². The van der Waals surface area contributed by atoms with E-state index in [4.69, 9.17) is 0 Å². The third-order valence-electron chi connectivity index (χ3n) is 4.04. The highest BCUT2D eigenvalue weighted by atomic mass is 127. The van der Waals surface area contributed by atoms with Gasteiger partial charge in [-0.1, -0.05) is 30.3 Å². The SMILES string of the molecule is FC(F)(F)c1cc(C(F)(C(F)(F)F)C(F)(F)C(F)(F)F)cc(I)c1-c1ccccc1. The van der Waals surface area contributed by atoms with Crippen molar-refractivity contribution in [2.75, 3.05) is 0 Å². The molecule has 0 fully saturated rings. The van der Waals surface area contributed by atoms with E-state index in [2.05, 4.69) is 0 Å². The minimum Gasteiger partial charge on any atom is -0.221 e. The molecule has 0 bridgehead atoms. The van der Waals surface area contributed by atoms with Gasteiger partial charge in [-0.05, 0) is 40.3 Å². The maximum absolute atomic E-state index is 14.6. The Morgan fingerprint density at radius 1 is 0.633 bits per heavy atom. The summed E-state index contributed by atoms with van der Waals surface area (Å²) in [6.45, 7) is 0. The molecule has 0 aliphatic carbocycles. The molecule has 0 aliphatic heterocycles. The van der Waals surface area contributed by atoms with Crippen molar-refractivity contribution >= 4 is 22.6 Å². The molecular weight excluding hydrogens is 559 g/mol. The minimum atomic E-state index is -7.07. The molecule has 166 valence electrons. The lowest BCUT2D eigenvalue weighted by atomic mass is 9.85. The summed E-state index contributed by atoms with van der Waals surface area (Å²) < 4.78 is 159. The van der Waals surface area contributed by atoms with Crippen LogP contribution in [0.5, 0.6) is 0 Å². The predicted molar refractivity (Wildman–Crippen MR) is 89.4 cm³/mol. The normalized spacial score (nSPS) is 15.8. The Kier molecular flexibility index (Phi) is 6.13. The van der Waals surface area contributed by atoms with Crippen molar-refractivity contribution in [1.29, 1.82) is 0 Å². The van der Waals surface area contributed by atoms with Crippen LogP contribution in [0, 0.1) is 3.57 Å². The molecule has 2 aromatic carbocycles. The van der Waals surface area contributed by atoms with Crippen LogP contribution in [0.4, 0.5) is 52.7 Å². The average molecular weight is 566 g/mol. The van der Waals surface area contributed by atoms with E-state index in [1.54, 1.807) is 0 Å². The quantitative estimate of drug-likeness (QED) is 0.262. The standard InChI is InChI=1S/C17H7F12I/c18-13(16(24,25)26,15(22,23)17(27,28)29)9-6-10(14(19,20)21)12(11(30)7-9)8-4-2-1-3-5-8/h1-7H. The summed E-state index contributed by atoms with van der Waals surface area (Å²) in [6.07, 6.45) is -19.4. The molecule has 0 aromatic heterocycles. The van der Waals surface area contributed by atoms with Crippen molar-refractivity contribution < 1.29 is 52.7 Å². The molecule has 30 heavy (non-hydrogen) atoms. The molecule has 0 saturated heterocycles. The van der Waals surface area contributed by atoms with E-state index in [0.29, 0.717) is 0 Å². The zero-order valence-electron chi connectivity index (χ0n) is 14.0. The van der Waals surface area contributed by atoms with E-state index in [0.717, 1.165) is 34.7 Å². The smallest absolute Gasteiger partial charge is 0.221 e. The average Bonchev–Trinajstić information content (AvgIpc) is 2.58. The van der Waals surface area contributed by atoms with Gasteiger partial charge in [0.15, 0.2) is 0 Å². The number of hydrogen-bond acceptors (Lipinski definition) is 0. The molecule has 0 N–H and O–H groups in total. The van der Waals surface area contributed by atoms with Crippen LogP contribution in [0.25, 0.3) is 11.1 Å². The molecule has 0 amide bonds. The lowest BCUT2D eigenvalue weighted by Crippen LogP contribution is -2.59. The summed E-state index contributed by atoms with van der Waals surface area (Å²) in [5.74, 6) is -7.07. The van der Waals surface area contributed by atoms with E-state index in [9.17, 15) is 52.7 Å². The van der Waals surface area contributed by atoms with Crippen LogP contribution in [-0.4, -0.2) is 18.3 Å². The largest absolute Gasteiger partial charge is 0.457 e. The molecule has 0 saturated carbocycles. The van der Waals surface area contributed by atoms with Gasteiger partial charge in [0, 0.05) is 14.7 Å². The Hall–Kier alpha value is -1.67. The minimum absolute atomic E-state index is 0.106. The summed E-state index contributed by atoms with van der Waals surface area (Å²) in [5, 5.41) is 0. The fourth-order valence-electron chi connectivity index (χ4n) is 2.65. The molecule has 0 nitrogen and oxygen atoms in total. The van der Waals surface area contributed by atoms with Crippen molar-refractivity contribution in [1.82, 2.24) is 0 Å². The van der Waals surface area contributed by atoms with Crippen molar-refractivity contribution in [3.63, 3.8) is 0 Å². The highest BCUT2D eigenvalue weighted by molar-refractivity contribution is 14.1. The van der Waals surface area contributed by atoms with E-state index in [1.807, 2.05) is 0 Å². The van der Waals surface area contributed by atoms with Crippen LogP contribution >= 0.6 is 22.6 Å². The van der Waals surface area contributed by atoms with Gasteiger partial charge in [-0.15, -0.1) is 0 Å². The van der Waals surface area contributed by atoms with Gasteiger partial charge in [0.25, 0.3) is 0 Å². The topological polar surface area (TPSA) is 0 Å². The second-order valence-corrected chi connectivity index (χ2v) is 7.13. The Morgan fingerprint density at radius 3 is 1.53 bits per heavy atom. The Balaban J connectivity index is 2.95. The number of rotatable bonds is 3. The number of benzene rings is 2. The van der Waals surface area contributed by atoms with Crippen LogP contribution in [0.1, 0.15) is 11.1 Å². The van der Waals surface area contributed by atoms with E-state index in [-0.39, 0.29) is 11.6 Å². The molecule has 1 unspecified atom stereocenters. The fourth-order valence-corrected chi connectivity index (χ4v) is 3.58. The van der Waals surface area contributed by atoms with Crippen LogP contribution in [0.3, 0.4) is 0 Å². The lowest BCUT2D eigenvalue weighted by Gasteiger charge is -2.36. The van der Waals surface area contributed by atoms with Gasteiger partial charge in [-0.3, -0.25) is 0 Å². The first-order valence-corrected chi connectivity index (χ1v) is 8.60. The summed E-state index contributed by atoms with van der Waals surface area (Å²) in [7, 11) is 0. The van der Waals surface area contributed by atoms with Gasteiger partial charge in [-0.2, -0.15) is 48.3 Å². The monoisotopic (exact) mass is 566 g/mol. The molecule has 0 spiro atoms. The highest BCUT2D eigenvalue weighted by Gasteiger charge is 2.81. The molecule has 0 aliphatic rings. The molecule has 2 aromatic rings. The third-order valence-corrected chi connectivity index (χ3v) is 4.89. The van der Waals surface area contributed by atoms with Crippen LogP contribution in [0.2, 0.25) is 0 Å². The fraction of sp³-hybridized carbons (Fsp3) is 0.294. The summed E-state index contributed by atoms with van der Waals surface area (Å²) in [6, 6.07) is 5.33. The van der Waals surface area contributed by atoms with E-state index >= 15 is 0 Å². The number of alkyl halides is 12. The molecule has 13 heteroatoms. The molecule has 0 radical (unpaired) electrons. The molecule has 1 atom stereocenters. The maximum Gasteiger partial charge on any atom is 0.457 e. The zero-order chi connectivity index (χ0) is 23.3. The maximum atomic E-state index is 14.6. The Bertz CT molecular complexity index is 911. The number of hydrogen-bond donors (Lipinski definition) is 0. The third kappa shape index (κ3) is 3.96. The van der Waals surface area contributed by atoms with Gasteiger partial charge < -0.3 is 0 Å². The second kappa shape index (κ2) is 7.48. The molecule has 2 rings (SSSR count). The Morgan fingerprint density at radius 2 is 1.13 bits per heavy atom. The predicted octanol–water partition coefficient (Wildman–Crippen LogP) is 7.90. The molecule has 0 heterocycles. The van der Waals surface area contributed by atoms with Gasteiger partial charge in [0.2, 0.25) is 0 Å². The summed E-state index contributed by atoms with van der Waals surface area (Å²) in [5.41, 5.74) is -12.0. The summed E-state index contributed by atoms with van der Waals surface area (Å²) in [4.78, 5) is 0. The summed E-state index contributed by atoms with van der Waals surface area (Å²) >= 11 is 1.01. The molecular formula is C17H7F12I. The van der Waals surface area contributed by atoms with Crippen LogP contribution in [-0.2, 0) is 11.8 Å². The van der Waals surface area contributed by atoms with E-state index in [1.165, 1.54) is 18.2 Å². The Labute approximate surface area is 174 Å². The first-order valence-electron chi connectivity index (χ1n) is 7.52. The van der Waals surface area contributed by atoms with Crippen molar-refractivity contribution in [2.24, 2.45) is 0 Å². The lowest BCUT2D eigenvalue weighted by molar-refractivity contribution is -0.389. The van der Waals surface area contributed by atoms with Crippen LogP contribution < -0.4 is 0 Å². The zero-order valence-corrected chi connectivity index (χ0v) is 16.1. The van der Waals surface area contributed by atoms with Crippen molar-refractivity contribution in [3.05, 3.63) is 57.2 Å². The highest BCUT2D eigenvalue weighted by Crippen LogP contribution is 2.59. The first-order chi connectivity index (χ1) is 13.4. The van der Waals surface area contributed by atoms with Crippen molar-refractivity contribution in [3.8, 4) is 11.1 Å².